The third kappa shape index (κ3) is 4.32. The highest BCUT2D eigenvalue weighted by Gasteiger charge is 2.34. The maximum atomic E-state index is 13.3. The molecule has 0 radical (unpaired) electrons. The fourth-order valence-electron chi connectivity index (χ4n) is 2.13. The van der Waals surface area contributed by atoms with Crippen molar-refractivity contribution in [3.63, 3.8) is 0 Å². The topological polar surface area (TPSA) is 70.6 Å². The summed E-state index contributed by atoms with van der Waals surface area (Å²) in [6.07, 6.45) is 2.26. The van der Waals surface area contributed by atoms with Crippen LogP contribution in [0.3, 0.4) is 0 Å². The summed E-state index contributed by atoms with van der Waals surface area (Å²) in [5, 5.41) is 15.1. The van der Waals surface area contributed by atoms with Crippen LogP contribution in [0.4, 0.5) is 14.9 Å². The average molecular weight is 296 g/mol. The third-order valence-corrected chi connectivity index (χ3v) is 3.41. The van der Waals surface area contributed by atoms with Crippen molar-refractivity contribution in [3.8, 4) is 5.75 Å². The molecule has 5 nitrogen and oxygen atoms in total. The number of nitrogens with one attached hydrogen (secondary N) is 2. The maximum Gasteiger partial charge on any atom is 0.319 e. The zero-order chi connectivity index (χ0) is 15.5. The van der Waals surface area contributed by atoms with E-state index in [-0.39, 0.29) is 18.3 Å². The summed E-state index contributed by atoms with van der Waals surface area (Å²) in [5.74, 6) is -0.0528. The van der Waals surface area contributed by atoms with Gasteiger partial charge in [0, 0.05) is 12.6 Å². The number of carbonyl (C=O) groups excluding carboxylic acids is 1. The molecule has 0 saturated heterocycles. The van der Waals surface area contributed by atoms with Gasteiger partial charge >= 0.3 is 6.03 Å². The first-order valence-electron chi connectivity index (χ1n) is 7.11. The first kappa shape index (κ1) is 15.6. The number of halogens is 1. The first-order valence-corrected chi connectivity index (χ1v) is 7.11. The van der Waals surface area contributed by atoms with E-state index in [0.717, 1.165) is 6.42 Å². The van der Waals surface area contributed by atoms with E-state index in [2.05, 4.69) is 10.6 Å². The monoisotopic (exact) mass is 296 g/mol. The number of amides is 2. The van der Waals surface area contributed by atoms with Crippen LogP contribution in [0.25, 0.3) is 0 Å². The number of benzene rings is 1. The van der Waals surface area contributed by atoms with Gasteiger partial charge < -0.3 is 20.5 Å². The van der Waals surface area contributed by atoms with E-state index < -0.39 is 17.4 Å². The summed E-state index contributed by atoms with van der Waals surface area (Å²) in [7, 11) is 0. The molecule has 0 aliphatic heterocycles. The zero-order valence-corrected chi connectivity index (χ0v) is 12.3. The molecule has 1 saturated carbocycles. The minimum Gasteiger partial charge on any atom is -0.489 e. The smallest absolute Gasteiger partial charge is 0.319 e. The Morgan fingerprint density at radius 3 is 2.76 bits per heavy atom. The van der Waals surface area contributed by atoms with Gasteiger partial charge in [0.2, 0.25) is 0 Å². The predicted octanol–water partition coefficient (Wildman–Crippen LogP) is 2.65. The molecule has 1 aliphatic carbocycles. The fraction of sp³-hybridized carbons (Fsp3) is 0.533. The Bertz CT molecular complexity index is 516. The van der Waals surface area contributed by atoms with Crippen LogP contribution in [0.1, 0.15) is 33.1 Å². The quantitative estimate of drug-likeness (QED) is 0.782. The molecule has 0 atom stereocenters. The standard InChI is InChI=1S/C15H21FN2O3/c1-10(2)21-13-5-4-11(16)8-12(13)18-14(19)17-9-15(20)6-3-7-15/h4-5,8,10,20H,3,6-7,9H2,1-2H3,(H2,17,18,19). The fourth-order valence-corrected chi connectivity index (χ4v) is 2.13. The highest BCUT2D eigenvalue weighted by atomic mass is 19.1. The molecule has 1 fully saturated rings. The van der Waals surface area contributed by atoms with Crippen LogP contribution in [0.5, 0.6) is 5.75 Å². The van der Waals surface area contributed by atoms with Gasteiger partial charge in [0.05, 0.1) is 17.4 Å². The molecular weight excluding hydrogens is 275 g/mol. The molecule has 21 heavy (non-hydrogen) atoms. The lowest BCUT2D eigenvalue weighted by atomic mass is 9.80. The van der Waals surface area contributed by atoms with Crippen LogP contribution in [0, 0.1) is 5.82 Å². The van der Waals surface area contributed by atoms with Gasteiger partial charge in [0.25, 0.3) is 0 Å². The van der Waals surface area contributed by atoms with Crippen molar-refractivity contribution in [1.82, 2.24) is 5.32 Å². The molecule has 116 valence electrons. The molecule has 3 N–H and O–H groups in total. The SMILES string of the molecule is CC(C)Oc1ccc(F)cc1NC(=O)NCC1(O)CCC1. The Morgan fingerprint density at radius 1 is 1.48 bits per heavy atom. The van der Waals surface area contributed by atoms with Gasteiger partial charge in [0.1, 0.15) is 11.6 Å². The average Bonchev–Trinajstić information content (AvgIpc) is 2.37. The molecule has 0 bridgehead atoms. The van der Waals surface area contributed by atoms with E-state index in [1.165, 1.54) is 18.2 Å². The molecule has 6 heteroatoms. The largest absolute Gasteiger partial charge is 0.489 e. The lowest BCUT2D eigenvalue weighted by molar-refractivity contribution is -0.0287. The molecule has 1 aliphatic rings. The second-order valence-electron chi connectivity index (χ2n) is 5.69. The number of aliphatic hydroxyl groups is 1. The molecule has 1 aromatic carbocycles. The highest BCUT2D eigenvalue weighted by Crippen LogP contribution is 2.31. The number of urea groups is 1. The minimum atomic E-state index is -0.795. The molecule has 0 aromatic heterocycles. The summed E-state index contributed by atoms with van der Waals surface area (Å²) in [6.45, 7) is 3.88. The lowest BCUT2D eigenvalue weighted by Gasteiger charge is -2.36. The van der Waals surface area contributed by atoms with Crippen LogP contribution < -0.4 is 15.4 Å². The van der Waals surface area contributed by atoms with Crippen LogP contribution in [-0.2, 0) is 0 Å². The number of rotatable bonds is 5. The van der Waals surface area contributed by atoms with E-state index >= 15 is 0 Å². The van der Waals surface area contributed by atoms with Crippen molar-refractivity contribution in [3.05, 3.63) is 24.0 Å². The second kappa shape index (κ2) is 6.30. The van der Waals surface area contributed by atoms with E-state index in [0.29, 0.717) is 18.6 Å². The van der Waals surface area contributed by atoms with Gasteiger partial charge in [-0.1, -0.05) is 0 Å². The predicted molar refractivity (Wildman–Crippen MR) is 78.0 cm³/mol. The Kier molecular flexibility index (Phi) is 4.67. The number of hydrogen-bond acceptors (Lipinski definition) is 3. The number of hydrogen-bond donors (Lipinski definition) is 3. The second-order valence-corrected chi connectivity index (χ2v) is 5.69. The van der Waals surface area contributed by atoms with Crippen molar-refractivity contribution in [2.75, 3.05) is 11.9 Å². The van der Waals surface area contributed by atoms with Crippen molar-refractivity contribution < 1.29 is 19.0 Å². The summed E-state index contributed by atoms with van der Waals surface area (Å²) in [5.41, 5.74) is -0.530. The molecular formula is C15H21FN2O3. The van der Waals surface area contributed by atoms with E-state index in [4.69, 9.17) is 4.74 Å². The lowest BCUT2D eigenvalue weighted by Crippen LogP contribution is -2.48. The molecule has 1 aromatic rings. The zero-order valence-electron chi connectivity index (χ0n) is 12.3. The molecule has 0 heterocycles. The maximum absolute atomic E-state index is 13.3. The van der Waals surface area contributed by atoms with Crippen LogP contribution in [-0.4, -0.2) is 29.4 Å². The normalized spacial score (nSPS) is 16.2. The molecule has 0 unspecified atom stereocenters. The van der Waals surface area contributed by atoms with Crippen molar-refractivity contribution >= 4 is 11.7 Å². The Hall–Kier alpha value is -1.82. The van der Waals surface area contributed by atoms with E-state index in [1.54, 1.807) is 0 Å². The molecule has 0 spiro atoms. The molecule has 2 rings (SSSR count). The Morgan fingerprint density at radius 2 is 2.19 bits per heavy atom. The van der Waals surface area contributed by atoms with Gasteiger partial charge in [-0.25, -0.2) is 9.18 Å². The van der Waals surface area contributed by atoms with Crippen molar-refractivity contribution in [2.24, 2.45) is 0 Å². The van der Waals surface area contributed by atoms with Crippen LogP contribution in [0.15, 0.2) is 18.2 Å². The van der Waals surface area contributed by atoms with E-state index in [9.17, 15) is 14.3 Å². The van der Waals surface area contributed by atoms with Crippen LogP contribution in [0.2, 0.25) is 0 Å². The minimum absolute atomic E-state index is 0.0882. The van der Waals surface area contributed by atoms with Gasteiger partial charge in [-0.15, -0.1) is 0 Å². The van der Waals surface area contributed by atoms with Crippen LogP contribution >= 0.6 is 0 Å². The Labute approximate surface area is 123 Å². The first-order chi connectivity index (χ1) is 9.88. The van der Waals surface area contributed by atoms with Gasteiger partial charge in [-0.05, 0) is 45.2 Å². The van der Waals surface area contributed by atoms with E-state index in [1.807, 2.05) is 13.8 Å². The van der Waals surface area contributed by atoms with Crippen molar-refractivity contribution in [1.29, 1.82) is 0 Å². The van der Waals surface area contributed by atoms with Crippen molar-refractivity contribution in [2.45, 2.75) is 44.8 Å². The van der Waals surface area contributed by atoms with Gasteiger partial charge in [0.15, 0.2) is 0 Å². The highest BCUT2D eigenvalue weighted by molar-refractivity contribution is 5.90. The van der Waals surface area contributed by atoms with Gasteiger partial charge in [-0.3, -0.25) is 0 Å². The summed E-state index contributed by atoms with van der Waals surface area (Å²) in [4.78, 5) is 11.8. The molecule has 2 amide bonds. The number of anilines is 1. The summed E-state index contributed by atoms with van der Waals surface area (Å²) >= 11 is 0. The Balaban J connectivity index is 1.97. The third-order valence-electron chi connectivity index (χ3n) is 3.41. The number of ether oxygens (including phenoxy) is 1. The van der Waals surface area contributed by atoms with Gasteiger partial charge in [-0.2, -0.15) is 0 Å². The summed E-state index contributed by atoms with van der Waals surface area (Å²) < 4.78 is 18.8. The number of carbonyl (C=O) groups is 1. The summed E-state index contributed by atoms with van der Waals surface area (Å²) in [6, 6.07) is 3.46.